The predicted molar refractivity (Wildman–Crippen MR) is 97.7 cm³/mol. The number of benzene rings is 1. The molecule has 130 valence electrons. The topological polar surface area (TPSA) is 75.9 Å². The lowest BCUT2D eigenvalue weighted by Gasteiger charge is -2.16. The Hall–Kier alpha value is -2.83. The summed E-state index contributed by atoms with van der Waals surface area (Å²) < 4.78 is 3.27. The first-order valence-electron chi connectivity index (χ1n) is 8.66. The molecule has 1 N–H and O–H groups in total. The molecule has 0 aliphatic carbocycles. The number of fused-ring (bicyclic) bond motifs is 3. The van der Waals surface area contributed by atoms with E-state index >= 15 is 0 Å². The molecule has 0 fully saturated rings. The molecule has 7 heteroatoms. The summed E-state index contributed by atoms with van der Waals surface area (Å²) in [4.78, 5) is 33.0. The highest BCUT2D eigenvalue weighted by Crippen LogP contribution is 2.31. The van der Waals surface area contributed by atoms with Crippen LogP contribution in [-0.2, 0) is 20.0 Å². The van der Waals surface area contributed by atoms with Gasteiger partial charge in [0, 0.05) is 25.8 Å². The fourth-order valence-corrected chi connectivity index (χ4v) is 3.41. The first-order valence-corrected chi connectivity index (χ1v) is 8.66. The lowest BCUT2D eigenvalue weighted by atomic mass is 10.1. The Kier molecular flexibility index (Phi) is 3.71. The quantitative estimate of drug-likeness (QED) is 0.788. The minimum Gasteiger partial charge on any atom is -0.310 e. The lowest BCUT2D eigenvalue weighted by Crippen LogP contribution is -2.29. The number of anilines is 2. The number of rotatable bonds is 4. The van der Waals surface area contributed by atoms with Gasteiger partial charge in [0.2, 0.25) is 5.95 Å². The van der Waals surface area contributed by atoms with Crippen molar-refractivity contribution < 1.29 is 0 Å². The number of H-pyrrole nitrogens is 1. The number of aromatic nitrogens is 4. The zero-order chi connectivity index (χ0) is 17.6. The van der Waals surface area contributed by atoms with Gasteiger partial charge in [0.15, 0.2) is 11.2 Å². The van der Waals surface area contributed by atoms with Crippen LogP contribution in [0.2, 0.25) is 0 Å². The molecular formula is C18H21N5O2. The highest BCUT2D eigenvalue weighted by Gasteiger charge is 2.27. The van der Waals surface area contributed by atoms with Gasteiger partial charge in [-0.2, -0.15) is 4.98 Å². The van der Waals surface area contributed by atoms with Crippen molar-refractivity contribution in [3.8, 4) is 0 Å². The molecular weight excluding hydrogens is 318 g/mol. The summed E-state index contributed by atoms with van der Waals surface area (Å²) >= 11 is 0. The van der Waals surface area contributed by atoms with Crippen LogP contribution in [0.5, 0.6) is 0 Å². The monoisotopic (exact) mass is 339 g/mol. The maximum atomic E-state index is 12.2. The van der Waals surface area contributed by atoms with Crippen LogP contribution >= 0.6 is 0 Å². The van der Waals surface area contributed by atoms with E-state index in [1.54, 1.807) is 7.05 Å². The van der Waals surface area contributed by atoms with E-state index < -0.39 is 5.69 Å². The summed E-state index contributed by atoms with van der Waals surface area (Å²) in [6, 6.07) is 8.50. The van der Waals surface area contributed by atoms with Crippen molar-refractivity contribution in [1.29, 1.82) is 0 Å². The molecule has 25 heavy (non-hydrogen) atoms. The van der Waals surface area contributed by atoms with Gasteiger partial charge in [-0.25, -0.2) is 4.79 Å². The average molecular weight is 339 g/mol. The molecule has 0 spiro atoms. The molecule has 0 unspecified atom stereocenters. The minimum atomic E-state index is -0.443. The van der Waals surface area contributed by atoms with Crippen LogP contribution in [0, 0.1) is 0 Å². The molecule has 2 aromatic heterocycles. The Labute approximate surface area is 144 Å². The van der Waals surface area contributed by atoms with Gasteiger partial charge in [-0.3, -0.25) is 14.3 Å². The van der Waals surface area contributed by atoms with E-state index in [0.717, 1.165) is 18.7 Å². The number of aromatic amines is 1. The van der Waals surface area contributed by atoms with Crippen molar-refractivity contribution in [3.05, 3.63) is 50.7 Å². The van der Waals surface area contributed by atoms with Crippen molar-refractivity contribution in [3.63, 3.8) is 0 Å². The molecule has 0 saturated heterocycles. The number of nitrogens with one attached hydrogen (secondary N) is 1. The number of imidazole rings is 1. The summed E-state index contributed by atoms with van der Waals surface area (Å²) in [6.45, 7) is 3.62. The Balaban J connectivity index is 1.76. The van der Waals surface area contributed by atoms with E-state index in [1.165, 1.54) is 23.0 Å². The number of hydrogen-bond acceptors (Lipinski definition) is 4. The largest absolute Gasteiger partial charge is 0.329 e. The third kappa shape index (κ3) is 2.47. The van der Waals surface area contributed by atoms with Gasteiger partial charge >= 0.3 is 5.69 Å². The zero-order valence-corrected chi connectivity index (χ0v) is 14.5. The lowest BCUT2D eigenvalue weighted by molar-refractivity contribution is 0.793. The van der Waals surface area contributed by atoms with Crippen LogP contribution in [0.4, 0.5) is 11.6 Å². The summed E-state index contributed by atoms with van der Waals surface area (Å²) in [7, 11) is 1.62. The van der Waals surface area contributed by atoms with Crippen molar-refractivity contribution in [2.24, 2.45) is 7.05 Å². The van der Waals surface area contributed by atoms with Crippen LogP contribution in [0.1, 0.15) is 25.3 Å². The van der Waals surface area contributed by atoms with Crippen LogP contribution < -0.4 is 16.1 Å². The predicted octanol–water partition coefficient (Wildman–Crippen LogP) is 1.92. The molecule has 7 nitrogen and oxygen atoms in total. The van der Waals surface area contributed by atoms with Crippen molar-refractivity contribution in [2.75, 3.05) is 11.4 Å². The second-order valence-electron chi connectivity index (χ2n) is 6.48. The van der Waals surface area contributed by atoms with E-state index in [4.69, 9.17) is 0 Å². The maximum absolute atomic E-state index is 12.2. The smallest absolute Gasteiger partial charge is 0.310 e. The number of hydrogen-bond donors (Lipinski definition) is 1. The average Bonchev–Trinajstić information content (AvgIpc) is 3.18. The molecule has 3 heterocycles. The molecule has 1 aliphatic heterocycles. The summed E-state index contributed by atoms with van der Waals surface area (Å²) in [5, 5.41) is 0. The van der Waals surface area contributed by atoms with Gasteiger partial charge in [-0.1, -0.05) is 25.5 Å². The van der Waals surface area contributed by atoms with E-state index in [2.05, 4.69) is 46.1 Å². The van der Waals surface area contributed by atoms with Gasteiger partial charge in [0.1, 0.15) is 0 Å². The first-order chi connectivity index (χ1) is 12.1. The van der Waals surface area contributed by atoms with Crippen LogP contribution in [0.25, 0.3) is 11.2 Å². The Bertz CT molecular complexity index is 1040. The molecule has 1 aliphatic rings. The fraction of sp³-hybridized carbons (Fsp3) is 0.389. The molecule has 0 radical (unpaired) electrons. The van der Waals surface area contributed by atoms with Crippen LogP contribution in [-0.4, -0.2) is 25.6 Å². The third-order valence-electron chi connectivity index (χ3n) is 4.84. The van der Waals surface area contributed by atoms with E-state index in [0.29, 0.717) is 23.7 Å². The second kappa shape index (κ2) is 5.91. The Morgan fingerprint density at radius 1 is 1.16 bits per heavy atom. The normalized spacial score (nSPS) is 13.6. The maximum Gasteiger partial charge on any atom is 0.329 e. The SMILES string of the molecule is CCCCc1ccc(N2CCn3c2nc2c3c(=O)[nH]c(=O)n2C)cc1. The standard InChI is InChI=1S/C18H21N5O2/c1-3-4-5-12-6-8-13(9-7-12)22-10-11-23-14-15(19-17(22)23)21(2)18(25)20-16(14)24/h6-9H,3-5,10-11H2,1-2H3,(H,20,24,25). The van der Waals surface area contributed by atoms with Gasteiger partial charge in [0.05, 0.1) is 0 Å². The number of nitrogens with zero attached hydrogens (tertiary/aromatic N) is 4. The summed E-state index contributed by atoms with van der Waals surface area (Å²) in [6.07, 6.45) is 3.47. The fourth-order valence-electron chi connectivity index (χ4n) is 3.41. The summed E-state index contributed by atoms with van der Waals surface area (Å²) in [5.41, 5.74) is 2.44. The Morgan fingerprint density at radius 2 is 1.92 bits per heavy atom. The second-order valence-corrected chi connectivity index (χ2v) is 6.48. The molecule has 0 atom stereocenters. The van der Waals surface area contributed by atoms with Gasteiger partial charge in [-0.15, -0.1) is 0 Å². The summed E-state index contributed by atoms with van der Waals surface area (Å²) in [5.74, 6) is 0.711. The van der Waals surface area contributed by atoms with Gasteiger partial charge in [-0.05, 0) is 30.5 Å². The molecule has 4 rings (SSSR count). The van der Waals surface area contributed by atoms with Crippen molar-refractivity contribution in [1.82, 2.24) is 19.1 Å². The highest BCUT2D eigenvalue weighted by atomic mass is 16.2. The molecule has 0 bridgehead atoms. The van der Waals surface area contributed by atoms with Gasteiger partial charge < -0.3 is 9.47 Å². The Morgan fingerprint density at radius 3 is 2.64 bits per heavy atom. The first kappa shape index (κ1) is 15.7. The minimum absolute atomic E-state index is 0.381. The van der Waals surface area contributed by atoms with Crippen molar-refractivity contribution in [2.45, 2.75) is 32.7 Å². The molecule has 0 amide bonds. The number of aryl methyl sites for hydroxylation is 2. The van der Waals surface area contributed by atoms with Crippen molar-refractivity contribution >= 4 is 22.8 Å². The van der Waals surface area contributed by atoms with E-state index in [1.807, 2.05) is 4.57 Å². The molecule has 1 aromatic carbocycles. The van der Waals surface area contributed by atoms with Crippen LogP contribution in [0.15, 0.2) is 33.9 Å². The highest BCUT2D eigenvalue weighted by molar-refractivity contribution is 5.77. The zero-order valence-electron chi connectivity index (χ0n) is 14.5. The third-order valence-corrected chi connectivity index (χ3v) is 4.84. The van der Waals surface area contributed by atoms with Gasteiger partial charge in [0.25, 0.3) is 5.56 Å². The van der Waals surface area contributed by atoms with E-state index in [9.17, 15) is 9.59 Å². The number of unbranched alkanes of at least 4 members (excludes halogenated alkanes) is 1. The molecule has 0 saturated carbocycles. The van der Waals surface area contributed by atoms with Crippen LogP contribution in [0.3, 0.4) is 0 Å². The molecule has 3 aromatic rings. The van der Waals surface area contributed by atoms with E-state index in [-0.39, 0.29) is 5.56 Å².